The van der Waals surface area contributed by atoms with Crippen LogP contribution in [-0.4, -0.2) is 37.1 Å². The molecule has 1 aliphatic heterocycles. The second-order valence-electron chi connectivity index (χ2n) is 8.25. The normalized spacial score (nSPS) is 27.7. The standard InChI is InChI=1S/C19H38N2/c1-17(2)14-20-15-19(11-7-4-5-8-12-19)16-21-13-9-6-10-18(21)3/h17-18,20H,4-16H2,1-3H3. The highest BCUT2D eigenvalue weighted by atomic mass is 15.2. The summed E-state index contributed by atoms with van der Waals surface area (Å²) in [5.74, 6) is 0.765. The van der Waals surface area contributed by atoms with Crippen molar-refractivity contribution in [3.8, 4) is 0 Å². The highest BCUT2D eigenvalue weighted by Crippen LogP contribution is 2.36. The third-order valence-corrected chi connectivity index (χ3v) is 5.70. The Kier molecular flexibility index (Phi) is 7.01. The quantitative estimate of drug-likeness (QED) is 0.728. The number of nitrogens with zero attached hydrogens (tertiary/aromatic N) is 1. The van der Waals surface area contributed by atoms with Crippen molar-refractivity contribution in [2.24, 2.45) is 11.3 Å². The molecule has 0 aromatic heterocycles. The number of rotatable bonds is 6. The first-order valence-corrected chi connectivity index (χ1v) is 9.56. The fourth-order valence-electron chi connectivity index (χ4n) is 4.32. The van der Waals surface area contributed by atoms with Crippen molar-refractivity contribution in [3.63, 3.8) is 0 Å². The lowest BCUT2D eigenvalue weighted by atomic mass is 9.78. The number of nitrogens with one attached hydrogen (secondary N) is 1. The molecule has 0 bridgehead atoms. The molecule has 1 N–H and O–H groups in total. The van der Waals surface area contributed by atoms with Crippen LogP contribution in [0, 0.1) is 11.3 Å². The minimum atomic E-state index is 0.553. The van der Waals surface area contributed by atoms with Crippen molar-refractivity contribution < 1.29 is 0 Å². The minimum absolute atomic E-state index is 0.553. The molecule has 1 saturated carbocycles. The molecule has 2 rings (SSSR count). The van der Waals surface area contributed by atoms with Gasteiger partial charge in [0.2, 0.25) is 0 Å². The average Bonchev–Trinajstić information content (AvgIpc) is 2.67. The van der Waals surface area contributed by atoms with Gasteiger partial charge in [-0.15, -0.1) is 0 Å². The van der Waals surface area contributed by atoms with E-state index in [-0.39, 0.29) is 0 Å². The monoisotopic (exact) mass is 294 g/mol. The molecule has 21 heavy (non-hydrogen) atoms. The highest BCUT2D eigenvalue weighted by molar-refractivity contribution is 4.89. The molecule has 2 heteroatoms. The third kappa shape index (κ3) is 5.56. The summed E-state index contributed by atoms with van der Waals surface area (Å²) < 4.78 is 0. The number of likely N-dealkylation sites (tertiary alicyclic amines) is 1. The van der Waals surface area contributed by atoms with Crippen LogP contribution in [0.4, 0.5) is 0 Å². The summed E-state index contributed by atoms with van der Waals surface area (Å²) in [6.45, 7) is 12.2. The Morgan fingerprint density at radius 1 is 1.05 bits per heavy atom. The van der Waals surface area contributed by atoms with Crippen LogP contribution in [0.15, 0.2) is 0 Å². The zero-order valence-corrected chi connectivity index (χ0v) is 14.8. The lowest BCUT2D eigenvalue weighted by molar-refractivity contribution is 0.0753. The van der Waals surface area contributed by atoms with Crippen LogP contribution in [0.2, 0.25) is 0 Å². The van der Waals surface area contributed by atoms with Crippen LogP contribution in [-0.2, 0) is 0 Å². The van der Waals surface area contributed by atoms with E-state index < -0.39 is 0 Å². The Balaban J connectivity index is 1.96. The van der Waals surface area contributed by atoms with Crippen molar-refractivity contribution >= 4 is 0 Å². The predicted octanol–water partition coefficient (Wildman–Crippen LogP) is 4.45. The summed E-state index contributed by atoms with van der Waals surface area (Å²) in [5, 5.41) is 3.80. The van der Waals surface area contributed by atoms with Crippen molar-refractivity contribution in [1.29, 1.82) is 0 Å². The maximum atomic E-state index is 3.80. The summed E-state index contributed by atoms with van der Waals surface area (Å²) in [7, 11) is 0. The molecule has 0 amide bonds. The Labute approximate surface area is 133 Å². The van der Waals surface area contributed by atoms with Crippen LogP contribution < -0.4 is 5.32 Å². The predicted molar refractivity (Wildman–Crippen MR) is 92.7 cm³/mol. The van der Waals surface area contributed by atoms with Gasteiger partial charge in [-0.05, 0) is 57.0 Å². The molecule has 1 saturated heterocycles. The lowest BCUT2D eigenvalue weighted by Gasteiger charge is -2.43. The van der Waals surface area contributed by atoms with Crippen LogP contribution in [0.3, 0.4) is 0 Å². The van der Waals surface area contributed by atoms with E-state index in [0.717, 1.165) is 12.0 Å². The zero-order chi connectivity index (χ0) is 15.1. The van der Waals surface area contributed by atoms with Gasteiger partial charge in [0.25, 0.3) is 0 Å². The fraction of sp³-hybridized carbons (Fsp3) is 1.00. The van der Waals surface area contributed by atoms with E-state index in [2.05, 4.69) is 31.0 Å². The molecular formula is C19H38N2. The molecule has 124 valence electrons. The van der Waals surface area contributed by atoms with Gasteiger partial charge < -0.3 is 10.2 Å². The van der Waals surface area contributed by atoms with E-state index in [1.807, 2.05) is 0 Å². The second kappa shape index (κ2) is 8.53. The largest absolute Gasteiger partial charge is 0.316 e. The van der Waals surface area contributed by atoms with E-state index in [1.54, 1.807) is 0 Å². The molecule has 1 atom stereocenters. The summed E-state index contributed by atoms with van der Waals surface area (Å²) in [5.41, 5.74) is 0.553. The van der Waals surface area contributed by atoms with E-state index in [0.29, 0.717) is 5.41 Å². The van der Waals surface area contributed by atoms with Gasteiger partial charge in [0.05, 0.1) is 0 Å². The van der Waals surface area contributed by atoms with Gasteiger partial charge in [0.15, 0.2) is 0 Å². The fourth-order valence-corrected chi connectivity index (χ4v) is 4.32. The van der Waals surface area contributed by atoms with Crippen LogP contribution in [0.1, 0.15) is 78.6 Å². The van der Waals surface area contributed by atoms with Crippen molar-refractivity contribution in [2.75, 3.05) is 26.2 Å². The maximum Gasteiger partial charge on any atom is 0.00671 e. The lowest BCUT2D eigenvalue weighted by Crippen LogP contribution is -2.49. The Morgan fingerprint density at radius 3 is 2.38 bits per heavy atom. The van der Waals surface area contributed by atoms with E-state index in [1.165, 1.54) is 84.0 Å². The molecule has 0 aromatic carbocycles. The molecule has 0 radical (unpaired) electrons. The molecule has 0 spiro atoms. The average molecular weight is 295 g/mol. The topological polar surface area (TPSA) is 15.3 Å². The molecule has 1 heterocycles. The minimum Gasteiger partial charge on any atom is -0.316 e. The molecule has 1 aliphatic carbocycles. The second-order valence-corrected chi connectivity index (χ2v) is 8.25. The van der Waals surface area contributed by atoms with Crippen molar-refractivity contribution in [2.45, 2.75) is 84.6 Å². The van der Waals surface area contributed by atoms with Gasteiger partial charge in [0.1, 0.15) is 0 Å². The van der Waals surface area contributed by atoms with Gasteiger partial charge in [0, 0.05) is 19.1 Å². The number of piperidine rings is 1. The van der Waals surface area contributed by atoms with Gasteiger partial charge >= 0.3 is 0 Å². The summed E-state index contributed by atoms with van der Waals surface area (Å²) in [4.78, 5) is 2.81. The van der Waals surface area contributed by atoms with E-state index in [4.69, 9.17) is 0 Å². The number of hydrogen-bond donors (Lipinski definition) is 1. The first kappa shape index (κ1) is 17.3. The Bertz CT molecular complexity index is 279. The van der Waals surface area contributed by atoms with Crippen LogP contribution >= 0.6 is 0 Å². The number of hydrogen-bond acceptors (Lipinski definition) is 2. The first-order valence-electron chi connectivity index (χ1n) is 9.56. The van der Waals surface area contributed by atoms with Gasteiger partial charge in [-0.1, -0.05) is 46.0 Å². The smallest absolute Gasteiger partial charge is 0.00671 e. The third-order valence-electron chi connectivity index (χ3n) is 5.70. The van der Waals surface area contributed by atoms with E-state index >= 15 is 0 Å². The molecule has 2 nitrogen and oxygen atoms in total. The van der Waals surface area contributed by atoms with Crippen LogP contribution in [0.25, 0.3) is 0 Å². The molecule has 2 aliphatic rings. The Morgan fingerprint density at radius 2 is 1.76 bits per heavy atom. The zero-order valence-electron chi connectivity index (χ0n) is 14.8. The highest BCUT2D eigenvalue weighted by Gasteiger charge is 2.34. The van der Waals surface area contributed by atoms with Crippen LogP contribution in [0.5, 0.6) is 0 Å². The van der Waals surface area contributed by atoms with Gasteiger partial charge in [-0.25, -0.2) is 0 Å². The van der Waals surface area contributed by atoms with Gasteiger partial charge in [-0.3, -0.25) is 0 Å². The molecule has 1 unspecified atom stereocenters. The summed E-state index contributed by atoms with van der Waals surface area (Å²) in [6, 6.07) is 0.809. The summed E-state index contributed by atoms with van der Waals surface area (Å²) >= 11 is 0. The molecular weight excluding hydrogens is 256 g/mol. The van der Waals surface area contributed by atoms with Gasteiger partial charge in [-0.2, -0.15) is 0 Å². The van der Waals surface area contributed by atoms with E-state index in [9.17, 15) is 0 Å². The maximum absolute atomic E-state index is 3.80. The molecule has 0 aromatic rings. The Hall–Kier alpha value is -0.0800. The van der Waals surface area contributed by atoms with Crippen molar-refractivity contribution in [1.82, 2.24) is 10.2 Å². The molecule has 2 fully saturated rings. The first-order chi connectivity index (χ1) is 10.1. The SMILES string of the molecule is CC(C)CNCC1(CN2CCCCC2C)CCCCCC1. The summed E-state index contributed by atoms with van der Waals surface area (Å²) in [6.07, 6.45) is 13.0. The van der Waals surface area contributed by atoms with Crippen molar-refractivity contribution in [3.05, 3.63) is 0 Å².